The van der Waals surface area contributed by atoms with Crippen molar-refractivity contribution in [3.8, 4) is 11.3 Å². The Bertz CT molecular complexity index is 1260. The number of carbonyl (C=O) groups excluding carboxylic acids is 2. The number of anilines is 2. The minimum atomic E-state index is -0.292. The van der Waals surface area contributed by atoms with Crippen molar-refractivity contribution in [1.29, 1.82) is 0 Å². The average molecular weight is 498 g/mol. The van der Waals surface area contributed by atoms with E-state index in [9.17, 15) is 9.59 Å². The lowest BCUT2D eigenvalue weighted by molar-refractivity contribution is -0.136. The van der Waals surface area contributed by atoms with Crippen LogP contribution in [0.5, 0.6) is 0 Å². The fraction of sp³-hybridized carbons (Fsp3) is 0.400. The van der Waals surface area contributed by atoms with Gasteiger partial charge in [-0.1, -0.05) is 62.4 Å². The number of para-hydroxylation sites is 1. The minimum Gasteiger partial charge on any atom is -0.353 e. The zero-order valence-electron chi connectivity index (χ0n) is 22.0. The van der Waals surface area contributed by atoms with Crippen molar-refractivity contribution in [2.24, 2.45) is 5.92 Å². The molecule has 0 bridgehead atoms. The first-order valence-corrected chi connectivity index (χ1v) is 13.3. The molecule has 1 atom stereocenters. The highest BCUT2D eigenvalue weighted by molar-refractivity contribution is 6.01. The first-order chi connectivity index (χ1) is 18.0. The summed E-state index contributed by atoms with van der Waals surface area (Å²) in [6.45, 7) is 9.27. The van der Waals surface area contributed by atoms with E-state index in [1.807, 2.05) is 41.0 Å². The number of amides is 2. The number of piperazine rings is 1. The second-order valence-corrected chi connectivity index (χ2v) is 9.87. The average Bonchev–Trinajstić information content (AvgIpc) is 3.33. The molecule has 0 radical (unpaired) electrons. The van der Waals surface area contributed by atoms with E-state index in [-0.39, 0.29) is 24.2 Å². The summed E-state index contributed by atoms with van der Waals surface area (Å²) in [5.41, 5.74) is 5.33. The molecular formula is C30H35N5O2. The van der Waals surface area contributed by atoms with E-state index < -0.39 is 0 Å². The third-order valence-electron chi connectivity index (χ3n) is 7.52. The van der Waals surface area contributed by atoms with Crippen LogP contribution in [0.25, 0.3) is 11.3 Å². The SMILES string of the molecule is CCc1cccc(CC)c1N1CC(C(=O)N2CCN(c3cc(-c4ccccc4)nc(C)n3)CC2)CC1=O. The Labute approximate surface area is 219 Å². The van der Waals surface area contributed by atoms with Crippen LogP contribution >= 0.6 is 0 Å². The van der Waals surface area contributed by atoms with Gasteiger partial charge in [0, 0.05) is 56.5 Å². The van der Waals surface area contributed by atoms with Crippen LogP contribution < -0.4 is 9.80 Å². The van der Waals surface area contributed by atoms with Crippen LogP contribution in [0.2, 0.25) is 0 Å². The third-order valence-corrected chi connectivity index (χ3v) is 7.52. The molecule has 37 heavy (non-hydrogen) atoms. The zero-order chi connectivity index (χ0) is 25.9. The molecule has 3 aromatic rings. The Kier molecular flexibility index (Phi) is 7.22. The summed E-state index contributed by atoms with van der Waals surface area (Å²) in [5, 5.41) is 0. The fourth-order valence-electron chi connectivity index (χ4n) is 5.54. The molecular weight excluding hydrogens is 462 g/mol. The summed E-state index contributed by atoms with van der Waals surface area (Å²) in [6, 6.07) is 18.4. The highest BCUT2D eigenvalue weighted by Crippen LogP contribution is 2.33. The van der Waals surface area contributed by atoms with Gasteiger partial charge in [0.25, 0.3) is 0 Å². The molecule has 3 heterocycles. The molecule has 1 unspecified atom stereocenters. The van der Waals surface area contributed by atoms with Crippen molar-refractivity contribution in [3.05, 3.63) is 71.5 Å². The number of nitrogens with zero attached hydrogens (tertiary/aromatic N) is 5. The number of hydrogen-bond donors (Lipinski definition) is 0. The molecule has 1 aromatic heterocycles. The highest BCUT2D eigenvalue weighted by atomic mass is 16.2. The second kappa shape index (κ2) is 10.7. The Morgan fingerprint density at radius 1 is 0.919 bits per heavy atom. The predicted octanol–water partition coefficient (Wildman–Crippen LogP) is 4.28. The quantitative estimate of drug-likeness (QED) is 0.509. The number of benzene rings is 2. The van der Waals surface area contributed by atoms with Crippen LogP contribution in [0.1, 0.15) is 37.2 Å². The monoisotopic (exact) mass is 497 g/mol. The van der Waals surface area contributed by atoms with Crippen LogP contribution in [0, 0.1) is 12.8 Å². The van der Waals surface area contributed by atoms with E-state index in [1.165, 1.54) is 11.1 Å². The van der Waals surface area contributed by atoms with Crippen molar-refractivity contribution in [1.82, 2.24) is 14.9 Å². The maximum Gasteiger partial charge on any atom is 0.228 e. The molecule has 2 amide bonds. The van der Waals surface area contributed by atoms with E-state index in [0.717, 1.165) is 41.4 Å². The molecule has 2 fully saturated rings. The van der Waals surface area contributed by atoms with Gasteiger partial charge in [-0.2, -0.15) is 0 Å². The highest BCUT2D eigenvalue weighted by Gasteiger charge is 2.39. The van der Waals surface area contributed by atoms with Crippen LogP contribution in [0.4, 0.5) is 11.5 Å². The molecule has 0 N–H and O–H groups in total. The lowest BCUT2D eigenvalue weighted by Gasteiger charge is -2.36. The van der Waals surface area contributed by atoms with E-state index in [0.29, 0.717) is 32.7 Å². The number of hydrogen-bond acceptors (Lipinski definition) is 5. The Morgan fingerprint density at radius 3 is 2.24 bits per heavy atom. The topological polar surface area (TPSA) is 69.6 Å². The maximum atomic E-state index is 13.5. The van der Waals surface area contributed by atoms with Gasteiger partial charge >= 0.3 is 0 Å². The molecule has 7 nitrogen and oxygen atoms in total. The summed E-state index contributed by atoms with van der Waals surface area (Å²) in [7, 11) is 0. The van der Waals surface area contributed by atoms with Crippen molar-refractivity contribution in [2.45, 2.75) is 40.0 Å². The lowest BCUT2D eigenvalue weighted by atomic mass is 10.0. The summed E-state index contributed by atoms with van der Waals surface area (Å²) in [6.07, 6.45) is 2.01. The molecule has 5 rings (SSSR count). The van der Waals surface area contributed by atoms with Crippen LogP contribution in [-0.2, 0) is 22.4 Å². The Balaban J connectivity index is 1.26. The minimum absolute atomic E-state index is 0.0532. The third kappa shape index (κ3) is 5.08. The van der Waals surface area contributed by atoms with E-state index >= 15 is 0 Å². The molecule has 0 aliphatic carbocycles. The fourth-order valence-corrected chi connectivity index (χ4v) is 5.54. The zero-order valence-corrected chi connectivity index (χ0v) is 22.0. The summed E-state index contributed by atoms with van der Waals surface area (Å²) >= 11 is 0. The first-order valence-electron chi connectivity index (χ1n) is 13.3. The summed E-state index contributed by atoms with van der Waals surface area (Å²) < 4.78 is 0. The number of rotatable bonds is 6. The predicted molar refractivity (Wildman–Crippen MR) is 147 cm³/mol. The normalized spacial score (nSPS) is 18.0. The molecule has 2 saturated heterocycles. The standard InChI is InChI=1S/C30H35N5O2/c1-4-22-12-9-13-23(5-2)29(22)35-20-25(18-28(35)36)30(37)34-16-14-33(15-17-34)27-19-26(31-21(3)32-27)24-10-7-6-8-11-24/h6-13,19,25H,4-5,14-18,20H2,1-3H3. The summed E-state index contributed by atoms with van der Waals surface area (Å²) in [4.78, 5) is 41.8. The van der Waals surface area contributed by atoms with Crippen molar-refractivity contribution < 1.29 is 9.59 Å². The van der Waals surface area contributed by atoms with Gasteiger partial charge in [-0.3, -0.25) is 9.59 Å². The first kappa shape index (κ1) is 24.9. The Hall–Kier alpha value is -3.74. The van der Waals surface area contributed by atoms with E-state index in [2.05, 4.69) is 59.0 Å². The van der Waals surface area contributed by atoms with Gasteiger partial charge in [0.05, 0.1) is 11.6 Å². The second-order valence-electron chi connectivity index (χ2n) is 9.87. The van der Waals surface area contributed by atoms with Crippen molar-refractivity contribution in [3.63, 3.8) is 0 Å². The lowest BCUT2D eigenvalue weighted by Crippen LogP contribution is -2.51. The summed E-state index contributed by atoms with van der Waals surface area (Å²) in [5.74, 6) is 1.48. The van der Waals surface area contributed by atoms with E-state index in [1.54, 1.807) is 0 Å². The van der Waals surface area contributed by atoms with Gasteiger partial charge in [0.2, 0.25) is 11.8 Å². The van der Waals surface area contributed by atoms with Gasteiger partial charge in [-0.05, 0) is 30.9 Å². The molecule has 192 valence electrons. The van der Waals surface area contributed by atoms with Gasteiger partial charge in [-0.25, -0.2) is 9.97 Å². The molecule has 2 aromatic carbocycles. The van der Waals surface area contributed by atoms with Gasteiger partial charge in [0.1, 0.15) is 11.6 Å². The van der Waals surface area contributed by atoms with E-state index in [4.69, 9.17) is 0 Å². The van der Waals surface area contributed by atoms with Crippen molar-refractivity contribution >= 4 is 23.3 Å². The van der Waals surface area contributed by atoms with Gasteiger partial charge in [-0.15, -0.1) is 0 Å². The molecule has 0 spiro atoms. The number of aryl methyl sites for hydroxylation is 3. The molecule has 2 aliphatic heterocycles. The Morgan fingerprint density at radius 2 is 1.59 bits per heavy atom. The number of aromatic nitrogens is 2. The van der Waals surface area contributed by atoms with Crippen molar-refractivity contribution in [2.75, 3.05) is 42.5 Å². The van der Waals surface area contributed by atoms with Crippen LogP contribution in [0.3, 0.4) is 0 Å². The largest absolute Gasteiger partial charge is 0.353 e. The van der Waals surface area contributed by atoms with Gasteiger partial charge < -0.3 is 14.7 Å². The smallest absolute Gasteiger partial charge is 0.228 e. The maximum absolute atomic E-state index is 13.5. The molecule has 0 saturated carbocycles. The van der Waals surface area contributed by atoms with Crippen LogP contribution in [-0.4, -0.2) is 59.4 Å². The molecule has 2 aliphatic rings. The molecule has 7 heteroatoms. The van der Waals surface area contributed by atoms with Crippen LogP contribution in [0.15, 0.2) is 54.6 Å². The number of carbonyl (C=O) groups is 2. The van der Waals surface area contributed by atoms with Gasteiger partial charge in [0.15, 0.2) is 0 Å².